The van der Waals surface area contributed by atoms with Crippen LogP contribution in [0.2, 0.25) is 0 Å². The molecule has 2 atom stereocenters. The van der Waals surface area contributed by atoms with Crippen LogP contribution in [0.4, 0.5) is 18.0 Å². The van der Waals surface area contributed by atoms with Gasteiger partial charge in [-0.15, -0.1) is 0 Å². The minimum atomic E-state index is -4.43. The largest absolute Gasteiger partial charge is 0.447 e. The Labute approximate surface area is 126 Å². The summed E-state index contributed by atoms with van der Waals surface area (Å²) in [4.78, 5) is 13.3. The Morgan fingerprint density at radius 1 is 1.32 bits per heavy atom. The first kappa shape index (κ1) is 15.1. The number of hydrogen-bond donors (Lipinski definition) is 1. The maximum Gasteiger partial charge on any atom is 0.416 e. The number of halogens is 3. The molecule has 2 heterocycles. The lowest BCUT2D eigenvalue weighted by atomic mass is 9.98. The van der Waals surface area contributed by atoms with E-state index in [1.807, 2.05) is 0 Å². The molecule has 3 rings (SSSR count). The van der Waals surface area contributed by atoms with E-state index in [1.54, 1.807) is 6.07 Å². The second kappa shape index (κ2) is 5.79. The van der Waals surface area contributed by atoms with Gasteiger partial charge in [0.1, 0.15) is 6.61 Å². The number of cyclic esters (lactones) is 1. The maximum atomic E-state index is 13.1. The summed E-state index contributed by atoms with van der Waals surface area (Å²) in [6.07, 6.45) is -4.06. The molecule has 2 aliphatic heterocycles. The number of carbonyl (C=O) groups excluding carboxylic acids is 1. The third kappa shape index (κ3) is 2.90. The Balaban J connectivity index is 1.83. The van der Waals surface area contributed by atoms with Gasteiger partial charge in [-0.3, -0.25) is 4.90 Å². The first-order valence-corrected chi connectivity index (χ1v) is 7.26. The van der Waals surface area contributed by atoms with E-state index in [4.69, 9.17) is 4.74 Å². The molecule has 1 aromatic rings. The fourth-order valence-electron chi connectivity index (χ4n) is 3.16. The third-order valence-electron chi connectivity index (χ3n) is 4.32. The molecular weight excluding hydrogens is 297 g/mol. The number of ether oxygens (including phenoxy) is 1. The van der Waals surface area contributed by atoms with Gasteiger partial charge in [-0.05, 0) is 30.5 Å². The highest BCUT2D eigenvalue weighted by molar-refractivity contribution is 5.70. The van der Waals surface area contributed by atoms with Crippen LogP contribution in [0.25, 0.3) is 0 Å². The van der Waals surface area contributed by atoms with E-state index in [9.17, 15) is 18.0 Å². The van der Waals surface area contributed by atoms with E-state index in [2.05, 4.69) is 5.32 Å². The summed E-state index contributed by atoms with van der Waals surface area (Å²) >= 11 is 0. The van der Waals surface area contributed by atoms with Gasteiger partial charge < -0.3 is 10.1 Å². The number of nitrogens with zero attached hydrogens (tertiary/aromatic N) is 1. The van der Waals surface area contributed by atoms with Gasteiger partial charge in [0.05, 0.1) is 18.2 Å². The third-order valence-corrected chi connectivity index (χ3v) is 4.32. The minimum absolute atomic E-state index is 0.0737. The van der Waals surface area contributed by atoms with Crippen LogP contribution >= 0.6 is 0 Å². The second-order valence-corrected chi connectivity index (χ2v) is 5.68. The zero-order valence-corrected chi connectivity index (χ0v) is 11.9. The molecule has 0 aromatic heterocycles. The predicted octanol–water partition coefficient (Wildman–Crippen LogP) is 2.64. The summed E-state index contributed by atoms with van der Waals surface area (Å²) in [6.45, 7) is 1.80. The van der Waals surface area contributed by atoms with Gasteiger partial charge in [-0.25, -0.2) is 4.79 Å². The number of rotatable bonds is 3. The molecule has 1 aromatic carbocycles. The van der Waals surface area contributed by atoms with Crippen LogP contribution in [-0.2, 0) is 17.5 Å². The molecule has 0 bridgehead atoms. The number of carbonyl (C=O) groups is 1. The first-order valence-electron chi connectivity index (χ1n) is 7.26. The highest BCUT2D eigenvalue weighted by atomic mass is 19.4. The Kier molecular flexibility index (Phi) is 3.99. The summed E-state index contributed by atoms with van der Waals surface area (Å²) in [5.74, 6) is 0.226. The van der Waals surface area contributed by atoms with Gasteiger partial charge >= 0.3 is 12.3 Å². The van der Waals surface area contributed by atoms with Crippen molar-refractivity contribution in [3.05, 3.63) is 35.4 Å². The average Bonchev–Trinajstić information content (AvgIpc) is 3.09. The van der Waals surface area contributed by atoms with E-state index in [-0.39, 0.29) is 30.7 Å². The summed E-state index contributed by atoms with van der Waals surface area (Å²) < 4.78 is 44.3. The minimum Gasteiger partial charge on any atom is -0.447 e. The first-order chi connectivity index (χ1) is 10.5. The van der Waals surface area contributed by atoms with Crippen molar-refractivity contribution >= 4 is 6.09 Å². The van der Waals surface area contributed by atoms with Crippen molar-refractivity contribution < 1.29 is 22.7 Å². The van der Waals surface area contributed by atoms with E-state index in [1.165, 1.54) is 17.0 Å². The standard InChI is InChI=1S/C15H17F3N2O2/c16-15(17,18)12-4-2-1-3-11(12)8-20-13(9-22-14(20)21)10-5-6-19-7-10/h1-4,10,13,19H,5-9H2. The zero-order chi connectivity index (χ0) is 15.7. The highest BCUT2D eigenvalue weighted by Crippen LogP contribution is 2.34. The zero-order valence-electron chi connectivity index (χ0n) is 11.9. The molecule has 7 heteroatoms. The number of nitrogens with one attached hydrogen (secondary N) is 1. The van der Waals surface area contributed by atoms with Crippen LogP contribution < -0.4 is 5.32 Å². The molecule has 120 valence electrons. The van der Waals surface area contributed by atoms with Crippen molar-refractivity contribution in [3.63, 3.8) is 0 Å². The molecule has 2 unspecified atom stereocenters. The number of benzene rings is 1. The summed E-state index contributed by atoms with van der Waals surface area (Å²) in [6, 6.07) is 5.20. The lowest BCUT2D eigenvalue weighted by Crippen LogP contribution is -2.39. The Bertz CT molecular complexity index is 556. The predicted molar refractivity (Wildman–Crippen MR) is 73.1 cm³/mol. The van der Waals surface area contributed by atoms with Crippen molar-refractivity contribution in [2.45, 2.75) is 25.2 Å². The molecule has 22 heavy (non-hydrogen) atoms. The fourth-order valence-corrected chi connectivity index (χ4v) is 3.16. The smallest absolute Gasteiger partial charge is 0.416 e. The lowest BCUT2D eigenvalue weighted by Gasteiger charge is -2.27. The number of amides is 1. The normalized spacial score (nSPS) is 25.6. The second-order valence-electron chi connectivity index (χ2n) is 5.68. The Morgan fingerprint density at radius 2 is 2.09 bits per heavy atom. The topological polar surface area (TPSA) is 41.6 Å². The van der Waals surface area contributed by atoms with Gasteiger partial charge in [0.25, 0.3) is 0 Å². The quantitative estimate of drug-likeness (QED) is 0.932. The summed E-state index contributed by atoms with van der Waals surface area (Å²) in [5, 5.41) is 3.21. The van der Waals surface area contributed by atoms with Crippen LogP contribution in [0.15, 0.2) is 24.3 Å². The SMILES string of the molecule is O=C1OCC(C2CCNC2)N1Cc1ccccc1C(F)(F)F. The molecule has 2 saturated heterocycles. The maximum absolute atomic E-state index is 13.1. The van der Waals surface area contributed by atoms with Crippen LogP contribution in [0, 0.1) is 5.92 Å². The molecule has 4 nitrogen and oxygen atoms in total. The van der Waals surface area contributed by atoms with Crippen LogP contribution in [0.1, 0.15) is 17.5 Å². The van der Waals surface area contributed by atoms with Gasteiger partial charge in [0, 0.05) is 6.54 Å². The summed E-state index contributed by atoms with van der Waals surface area (Å²) in [7, 11) is 0. The molecule has 1 amide bonds. The lowest BCUT2D eigenvalue weighted by molar-refractivity contribution is -0.138. The van der Waals surface area contributed by atoms with Crippen LogP contribution in [0.3, 0.4) is 0 Å². The monoisotopic (exact) mass is 314 g/mol. The van der Waals surface area contributed by atoms with Crippen molar-refractivity contribution in [3.8, 4) is 0 Å². The Morgan fingerprint density at radius 3 is 2.77 bits per heavy atom. The molecule has 0 spiro atoms. The number of alkyl halides is 3. The molecule has 2 aliphatic rings. The van der Waals surface area contributed by atoms with E-state index >= 15 is 0 Å². The van der Waals surface area contributed by atoms with Gasteiger partial charge in [-0.2, -0.15) is 13.2 Å². The van der Waals surface area contributed by atoms with Crippen molar-refractivity contribution in [2.24, 2.45) is 5.92 Å². The van der Waals surface area contributed by atoms with Gasteiger partial charge in [0.15, 0.2) is 0 Å². The molecule has 0 radical (unpaired) electrons. The average molecular weight is 314 g/mol. The molecule has 1 N–H and O–H groups in total. The Hall–Kier alpha value is -1.76. The van der Waals surface area contributed by atoms with E-state index < -0.39 is 17.8 Å². The van der Waals surface area contributed by atoms with Crippen molar-refractivity contribution in [2.75, 3.05) is 19.7 Å². The van der Waals surface area contributed by atoms with E-state index in [0.717, 1.165) is 25.6 Å². The van der Waals surface area contributed by atoms with E-state index in [0.29, 0.717) is 0 Å². The van der Waals surface area contributed by atoms with Crippen LogP contribution in [-0.4, -0.2) is 36.7 Å². The highest BCUT2D eigenvalue weighted by Gasteiger charge is 2.41. The van der Waals surface area contributed by atoms with Crippen LogP contribution in [0.5, 0.6) is 0 Å². The fraction of sp³-hybridized carbons (Fsp3) is 0.533. The van der Waals surface area contributed by atoms with Crippen molar-refractivity contribution in [1.29, 1.82) is 0 Å². The number of hydrogen-bond acceptors (Lipinski definition) is 3. The van der Waals surface area contributed by atoms with Gasteiger partial charge in [0.2, 0.25) is 0 Å². The molecular formula is C15H17F3N2O2. The molecule has 0 saturated carbocycles. The van der Waals surface area contributed by atoms with Crippen molar-refractivity contribution in [1.82, 2.24) is 10.2 Å². The summed E-state index contributed by atoms with van der Waals surface area (Å²) in [5.41, 5.74) is -0.595. The molecule has 2 fully saturated rings. The molecule has 0 aliphatic carbocycles. The van der Waals surface area contributed by atoms with Gasteiger partial charge in [-0.1, -0.05) is 18.2 Å².